The van der Waals surface area contributed by atoms with E-state index in [2.05, 4.69) is 5.10 Å². The van der Waals surface area contributed by atoms with Gasteiger partial charge in [0.25, 0.3) is 0 Å². The molecule has 0 spiro atoms. The van der Waals surface area contributed by atoms with Gasteiger partial charge in [0, 0.05) is 0 Å². The zero-order chi connectivity index (χ0) is 25.4. The highest BCUT2D eigenvalue weighted by Crippen LogP contribution is 2.54. The fourth-order valence-corrected chi connectivity index (χ4v) is 4.18. The van der Waals surface area contributed by atoms with Crippen LogP contribution in [-0.2, 0) is 25.2 Å². The average molecular weight is 488 g/mol. The lowest BCUT2D eigenvalue weighted by atomic mass is 9.78. The monoisotopic (exact) mass is 488 g/mol. The van der Waals surface area contributed by atoms with Crippen molar-refractivity contribution in [2.75, 3.05) is 13.2 Å². The van der Waals surface area contributed by atoms with Crippen LogP contribution in [0.5, 0.6) is 5.88 Å². The van der Waals surface area contributed by atoms with Crippen LogP contribution in [0, 0.1) is 6.92 Å². The van der Waals surface area contributed by atoms with Gasteiger partial charge < -0.3 is 14.2 Å². The van der Waals surface area contributed by atoms with Crippen LogP contribution >= 0.6 is 0 Å². The summed E-state index contributed by atoms with van der Waals surface area (Å²) in [5.74, 6) is -4.19. The first-order chi connectivity index (χ1) is 16.6. The number of ether oxygens (including phenoxy) is 3. The Morgan fingerprint density at radius 3 is 2.09 bits per heavy atom. The molecule has 0 radical (unpaired) electrons. The van der Waals surface area contributed by atoms with E-state index in [1.165, 1.54) is 26.0 Å². The molecule has 1 unspecified atom stereocenters. The van der Waals surface area contributed by atoms with Crippen LogP contribution < -0.4 is 4.74 Å². The summed E-state index contributed by atoms with van der Waals surface area (Å²) in [6, 6.07) is 14.4. The smallest absolute Gasteiger partial charge is 0.435 e. The van der Waals surface area contributed by atoms with Gasteiger partial charge in [-0.25, -0.2) is 14.3 Å². The maximum absolute atomic E-state index is 14.3. The quantitative estimate of drug-likeness (QED) is 0.373. The molecule has 0 fully saturated rings. The van der Waals surface area contributed by atoms with E-state index >= 15 is 0 Å². The second kappa shape index (κ2) is 9.09. The van der Waals surface area contributed by atoms with Crippen LogP contribution in [0.3, 0.4) is 0 Å². The van der Waals surface area contributed by atoms with Gasteiger partial charge in [-0.05, 0) is 38.5 Å². The molecule has 7 nitrogen and oxygen atoms in total. The number of carbonyl (C=O) groups is 2. The molecule has 2 aromatic carbocycles. The van der Waals surface area contributed by atoms with Gasteiger partial charge in [-0.1, -0.05) is 48.0 Å². The van der Waals surface area contributed by atoms with Gasteiger partial charge in [0.15, 0.2) is 5.69 Å². The minimum atomic E-state index is -4.91. The molecule has 1 aliphatic rings. The minimum Gasteiger partial charge on any atom is -0.463 e. The van der Waals surface area contributed by atoms with Gasteiger partial charge in [-0.2, -0.15) is 18.3 Å². The van der Waals surface area contributed by atoms with Crippen molar-refractivity contribution in [3.8, 4) is 11.6 Å². The number of hydrogen-bond acceptors (Lipinski definition) is 6. The average Bonchev–Trinajstić information content (AvgIpc) is 3.36. The largest absolute Gasteiger partial charge is 0.463 e. The number of aryl methyl sites for hydroxylation is 1. The number of para-hydroxylation sites is 1. The highest BCUT2D eigenvalue weighted by Gasteiger charge is 2.67. The molecule has 2 heterocycles. The van der Waals surface area contributed by atoms with Crippen LogP contribution in [0.25, 0.3) is 5.69 Å². The Labute approximate surface area is 199 Å². The number of esters is 2. The molecule has 0 saturated heterocycles. The van der Waals surface area contributed by atoms with E-state index in [4.69, 9.17) is 14.2 Å². The number of nitrogens with zero attached hydrogens (tertiary/aromatic N) is 2. The van der Waals surface area contributed by atoms with Gasteiger partial charge >= 0.3 is 23.7 Å². The molecule has 0 amide bonds. The zero-order valence-corrected chi connectivity index (χ0v) is 19.3. The summed E-state index contributed by atoms with van der Waals surface area (Å²) in [7, 11) is 0. The van der Waals surface area contributed by atoms with E-state index in [1.54, 1.807) is 49.4 Å². The van der Waals surface area contributed by atoms with Crippen molar-refractivity contribution in [1.29, 1.82) is 0 Å². The molecule has 0 N–H and O–H groups in total. The molecule has 4 rings (SSSR count). The Bertz CT molecular complexity index is 1220. The fraction of sp³-hybridized carbons (Fsp3) is 0.320. The van der Waals surface area contributed by atoms with Crippen molar-refractivity contribution in [3.63, 3.8) is 0 Å². The lowest BCUT2D eigenvalue weighted by Crippen LogP contribution is -2.56. The highest BCUT2D eigenvalue weighted by molar-refractivity contribution is 6.07. The molecule has 0 bridgehead atoms. The van der Waals surface area contributed by atoms with Crippen LogP contribution in [0.1, 0.15) is 42.1 Å². The number of fused-ring (bicyclic) bond motifs is 1. The van der Waals surface area contributed by atoms with Crippen LogP contribution in [0.4, 0.5) is 13.2 Å². The van der Waals surface area contributed by atoms with E-state index in [0.29, 0.717) is 0 Å². The van der Waals surface area contributed by atoms with Gasteiger partial charge in [0.1, 0.15) is 0 Å². The standard InChI is InChI=1S/C25H23F3N2O5/c1-4-33-22(31)24(23(32)34-5-2)19(16-13-11-15(3)12-14-16)18-20(25(26,27)28)29-30(21(18)35-24)17-9-7-6-8-10-17/h6-14,19H,4-5H2,1-3H3. The third kappa shape index (κ3) is 4.02. The van der Waals surface area contributed by atoms with Crippen LogP contribution in [0.15, 0.2) is 54.6 Å². The Morgan fingerprint density at radius 2 is 1.57 bits per heavy atom. The molecule has 0 saturated carbocycles. The molecule has 10 heteroatoms. The molecular weight excluding hydrogens is 465 g/mol. The molecule has 0 aliphatic carbocycles. The second-order valence-electron chi connectivity index (χ2n) is 7.93. The van der Waals surface area contributed by atoms with E-state index in [0.717, 1.165) is 10.2 Å². The first-order valence-electron chi connectivity index (χ1n) is 11.0. The van der Waals surface area contributed by atoms with Crippen molar-refractivity contribution in [2.45, 2.75) is 38.5 Å². The van der Waals surface area contributed by atoms with Gasteiger partial charge in [0.05, 0.1) is 30.4 Å². The minimum absolute atomic E-state index is 0.128. The number of rotatable bonds is 6. The molecule has 35 heavy (non-hydrogen) atoms. The maximum Gasteiger partial charge on any atom is 0.435 e. The summed E-state index contributed by atoms with van der Waals surface area (Å²) < 4.78 is 60.1. The predicted molar refractivity (Wildman–Crippen MR) is 118 cm³/mol. The Hall–Kier alpha value is -3.82. The molecule has 184 valence electrons. The Balaban J connectivity index is 2.08. The number of aromatic nitrogens is 2. The predicted octanol–water partition coefficient (Wildman–Crippen LogP) is 4.59. The third-order valence-corrected chi connectivity index (χ3v) is 5.67. The summed E-state index contributed by atoms with van der Waals surface area (Å²) >= 11 is 0. The van der Waals surface area contributed by atoms with E-state index in [9.17, 15) is 22.8 Å². The Morgan fingerprint density at radius 1 is 1.00 bits per heavy atom. The van der Waals surface area contributed by atoms with Gasteiger partial charge in [-0.15, -0.1) is 0 Å². The normalized spacial score (nSPS) is 16.3. The summed E-state index contributed by atoms with van der Waals surface area (Å²) in [5.41, 5.74) is -2.91. The summed E-state index contributed by atoms with van der Waals surface area (Å²) in [6.07, 6.45) is -4.91. The lowest BCUT2D eigenvalue weighted by Gasteiger charge is -2.30. The molecule has 1 aliphatic heterocycles. The van der Waals surface area contributed by atoms with Crippen molar-refractivity contribution < 1.29 is 37.0 Å². The molecule has 3 aromatic rings. The van der Waals surface area contributed by atoms with Crippen molar-refractivity contribution in [1.82, 2.24) is 9.78 Å². The molecule has 1 atom stereocenters. The van der Waals surface area contributed by atoms with Crippen LogP contribution in [-0.4, -0.2) is 40.5 Å². The van der Waals surface area contributed by atoms with E-state index in [-0.39, 0.29) is 30.3 Å². The number of hydrogen-bond donors (Lipinski definition) is 0. The third-order valence-electron chi connectivity index (χ3n) is 5.67. The van der Waals surface area contributed by atoms with Gasteiger partial charge in [0.2, 0.25) is 5.88 Å². The molecule has 1 aromatic heterocycles. The second-order valence-corrected chi connectivity index (χ2v) is 7.93. The number of carbonyl (C=O) groups excluding carboxylic acids is 2. The first-order valence-corrected chi connectivity index (χ1v) is 11.0. The van der Waals surface area contributed by atoms with Crippen molar-refractivity contribution in [2.24, 2.45) is 0 Å². The summed E-state index contributed by atoms with van der Waals surface area (Å²) in [5, 5.41) is 3.81. The number of alkyl halides is 3. The van der Waals surface area contributed by atoms with Crippen molar-refractivity contribution >= 4 is 11.9 Å². The Kier molecular flexibility index (Phi) is 6.31. The summed E-state index contributed by atoms with van der Waals surface area (Å²) in [4.78, 5) is 26.7. The van der Waals surface area contributed by atoms with E-state index in [1.807, 2.05) is 0 Å². The van der Waals surface area contributed by atoms with Gasteiger partial charge in [-0.3, -0.25) is 0 Å². The van der Waals surface area contributed by atoms with E-state index < -0.39 is 40.9 Å². The molecular formula is C25H23F3N2O5. The highest BCUT2D eigenvalue weighted by atomic mass is 19.4. The first kappa shape index (κ1) is 24.3. The summed E-state index contributed by atoms with van der Waals surface area (Å²) in [6.45, 7) is 4.59. The zero-order valence-electron chi connectivity index (χ0n) is 19.3. The topological polar surface area (TPSA) is 79.7 Å². The SMILES string of the molecule is CCOC(=O)C1(C(=O)OCC)Oc2c(c(C(F)(F)F)nn2-c2ccccc2)C1c1ccc(C)cc1. The maximum atomic E-state index is 14.3. The fourth-order valence-electron chi connectivity index (χ4n) is 4.18. The van der Waals surface area contributed by atoms with Crippen LogP contribution in [0.2, 0.25) is 0 Å². The number of halogens is 3. The lowest BCUT2D eigenvalue weighted by molar-refractivity contribution is -0.180. The number of benzene rings is 2. The van der Waals surface area contributed by atoms with Crippen molar-refractivity contribution in [3.05, 3.63) is 77.0 Å².